The summed E-state index contributed by atoms with van der Waals surface area (Å²) in [5, 5.41) is 0.589. The average Bonchev–Trinajstić information content (AvgIpc) is 2.69. The number of nitrogens with two attached hydrogens (primary N) is 1. The van der Waals surface area contributed by atoms with Gasteiger partial charge in [-0.1, -0.05) is 18.5 Å². The average molecular weight is 310 g/mol. The monoisotopic (exact) mass is 309 g/mol. The van der Waals surface area contributed by atoms with Gasteiger partial charge in [-0.25, -0.2) is 0 Å². The number of hydrogen-bond acceptors (Lipinski definition) is 5. The zero-order valence-corrected chi connectivity index (χ0v) is 12.9. The molecule has 0 fully saturated rings. The number of guanidine groups is 1. The smallest absolute Gasteiger partial charge is 0.191 e. The SMILES string of the molecule is CCCN1C(N)=NCC1c1cc(Cl)c2c(c1)OCCCO2. The van der Waals surface area contributed by atoms with Crippen molar-refractivity contribution in [2.75, 3.05) is 26.3 Å². The minimum Gasteiger partial charge on any atom is -0.489 e. The minimum absolute atomic E-state index is 0.125. The first-order valence-electron chi connectivity index (χ1n) is 7.36. The molecule has 5 nitrogen and oxygen atoms in total. The summed E-state index contributed by atoms with van der Waals surface area (Å²) in [5.74, 6) is 1.97. The van der Waals surface area contributed by atoms with Crippen LogP contribution in [0.5, 0.6) is 11.5 Å². The second kappa shape index (κ2) is 6.02. The zero-order chi connectivity index (χ0) is 14.8. The molecule has 0 aliphatic carbocycles. The van der Waals surface area contributed by atoms with Crippen LogP contribution in [0.2, 0.25) is 5.02 Å². The Balaban J connectivity index is 1.92. The number of fused-ring (bicyclic) bond motifs is 1. The molecule has 1 aromatic carbocycles. The predicted octanol–water partition coefficient (Wildman–Crippen LogP) is 2.58. The predicted molar refractivity (Wildman–Crippen MR) is 83.3 cm³/mol. The first kappa shape index (κ1) is 14.3. The number of ether oxygens (including phenoxy) is 2. The van der Waals surface area contributed by atoms with Crippen molar-refractivity contribution in [3.8, 4) is 11.5 Å². The molecule has 1 atom stereocenters. The van der Waals surface area contributed by atoms with Crippen LogP contribution < -0.4 is 15.2 Å². The molecule has 0 radical (unpaired) electrons. The van der Waals surface area contributed by atoms with Crippen molar-refractivity contribution in [2.24, 2.45) is 10.7 Å². The molecule has 0 saturated heterocycles. The number of aliphatic imine (C=N–C) groups is 1. The molecular weight excluding hydrogens is 290 g/mol. The lowest BCUT2D eigenvalue weighted by atomic mass is 10.1. The fraction of sp³-hybridized carbons (Fsp3) is 0.533. The van der Waals surface area contributed by atoms with E-state index in [0.717, 1.165) is 30.7 Å². The summed E-state index contributed by atoms with van der Waals surface area (Å²) < 4.78 is 11.4. The summed E-state index contributed by atoms with van der Waals surface area (Å²) >= 11 is 6.37. The van der Waals surface area contributed by atoms with Gasteiger partial charge in [-0.3, -0.25) is 4.99 Å². The van der Waals surface area contributed by atoms with Crippen molar-refractivity contribution in [1.29, 1.82) is 0 Å². The van der Waals surface area contributed by atoms with Crippen LogP contribution in [0.3, 0.4) is 0 Å². The second-order valence-electron chi connectivity index (χ2n) is 5.29. The van der Waals surface area contributed by atoms with E-state index in [-0.39, 0.29) is 6.04 Å². The van der Waals surface area contributed by atoms with E-state index in [4.69, 9.17) is 26.8 Å². The van der Waals surface area contributed by atoms with Gasteiger partial charge in [0.05, 0.1) is 30.8 Å². The molecule has 2 aliphatic rings. The van der Waals surface area contributed by atoms with E-state index >= 15 is 0 Å². The largest absolute Gasteiger partial charge is 0.489 e. The highest BCUT2D eigenvalue weighted by atomic mass is 35.5. The summed E-state index contributed by atoms with van der Waals surface area (Å²) in [5.41, 5.74) is 7.05. The molecule has 6 heteroatoms. The Hall–Kier alpha value is -1.62. The maximum atomic E-state index is 6.37. The summed E-state index contributed by atoms with van der Waals surface area (Å²) in [4.78, 5) is 6.48. The number of halogens is 1. The van der Waals surface area contributed by atoms with Gasteiger partial charge in [-0.05, 0) is 24.1 Å². The van der Waals surface area contributed by atoms with Crippen LogP contribution in [0, 0.1) is 0 Å². The first-order valence-corrected chi connectivity index (χ1v) is 7.74. The normalized spacial score (nSPS) is 21.1. The third-order valence-corrected chi connectivity index (χ3v) is 4.05. The number of rotatable bonds is 3. The Morgan fingerprint density at radius 3 is 3.00 bits per heavy atom. The molecule has 2 heterocycles. The van der Waals surface area contributed by atoms with Gasteiger partial charge in [0.15, 0.2) is 17.5 Å². The summed E-state index contributed by atoms with van der Waals surface area (Å²) in [6.07, 6.45) is 1.88. The van der Waals surface area contributed by atoms with Crippen LogP contribution >= 0.6 is 11.6 Å². The second-order valence-corrected chi connectivity index (χ2v) is 5.70. The summed E-state index contributed by atoms with van der Waals surface area (Å²) in [6.45, 7) is 4.94. The van der Waals surface area contributed by atoms with Gasteiger partial charge in [0.2, 0.25) is 0 Å². The molecule has 0 aromatic heterocycles. The molecule has 0 spiro atoms. The van der Waals surface area contributed by atoms with Crippen LogP contribution in [0.15, 0.2) is 17.1 Å². The molecule has 2 N–H and O–H groups in total. The molecule has 1 aromatic rings. The van der Waals surface area contributed by atoms with Crippen LogP contribution in [-0.2, 0) is 0 Å². The molecule has 114 valence electrons. The van der Waals surface area contributed by atoms with Crippen LogP contribution in [0.4, 0.5) is 0 Å². The molecule has 1 unspecified atom stereocenters. The number of benzene rings is 1. The highest BCUT2D eigenvalue weighted by Gasteiger charge is 2.28. The molecule has 0 saturated carbocycles. The Bertz CT molecular complexity index is 562. The van der Waals surface area contributed by atoms with E-state index in [1.807, 2.05) is 12.1 Å². The highest BCUT2D eigenvalue weighted by molar-refractivity contribution is 6.32. The minimum atomic E-state index is 0.125. The quantitative estimate of drug-likeness (QED) is 0.932. The van der Waals surface area contributed by atoms with Gasteiger partial charge < -0.3 is 20.1 Å². The van der Waals surface area contributed by atoms with Crippen molar-refractivity contribution in [1.82, 2.24) is 4.90 Å². The third kappa shape index (κ3) is 2.75. The van der Waals surface area contributed by atoms with Crippen molar-refractivity contribution >= 4 is 17.6 Å². The maximum Gasteiger partial charge on any atom is 0.191 e. The van der Waals surface area contributed by atoms with E-state index in [1.165, 1.54) is 0 Å². The Labute approximate surface area is 129 Å². The molecule has 3 rings (SSSR count). The van der Waals surface area contributed by atoms with Crippen molar-refractivity contribution < 1.29 is 9.47 Å². The summed E-state index contributed by atoms with van der Waals surface area (Å²) in [6, 6.07) is 4.07. The molecular formula is C15H20ClN3O2. The van der Waals surface area contributed by atoms with Crippen molar-refractivity contribution in [3.63, 3.8) is 0 Å². The van der Waals surface area contributed by atoms with Gasteiger partial charge in [0.1, 0.15) is 0 Å². The van der Waals surface area contributed by atoms with Gasteiger partial charge >= 0.3 is 0 Å². The first-order chi connectivity index (χ1) is 10.2. The van der Waals surface area contributed by atoms with Gasteiger partial charge in [0.25, 0.3) is 0 Å². The number of nitrogens with zero attached hydrogens (tertiary/aromatic N) is 2. The third-order valence-electron chi connectivity index (χ3n) is 3.77. The highest BCUT2D eigenvalue weighted by Crippen LogP contribution is 2.41. The Morgan fingerprint density at radius 1 is 1.38 bits per heavy atom. The molecule has 0 amide bonds. The van der Waals surface area contributed by atoms with Crippen LogP contribution in [0.25, 0.3) is 0 Å². The van der Waals surface area contributed by atoms with Crippen LogP contribution in [-0.4, -0.2) is 37.2 Å². The Kier molecular flexibility index (Phi) is 4.10. The van der Waals surface area contributed by atoms with E-state index in [1.54, 1.807) is 0 Å². The van der Waals surface area contributed by atoms with Gasteiger partial charge in [-0.15, -0.1) is 0 Å². The van der Waals surface area contributed by atoms with Crippen molar-refractivity contribution in [3.05, 3.63) is 22.7 Å². The van der Waals surface area contributed by atoms with E-state index < -0.39 is 0 Å². The van der Waals surface area contributed by atoms with Crippen LogP contribution in [0.1, 0.15) is 31.4 Å². The topological polar surface area (TPSA) is 60.1 Å². The lowest BCUT2D eigenvalue weighted by Gasteiger charge is -2.26. The van der Waals surface area contributed by atoms with Gasteiger partial charge in [-0.2, -0.15) is 0 Å². The summed E-state index contributed by atoms with van der Waals surface area (Å²) in [7, 11) is 0. The van der Waals surface area contributed by atoms with E-state index in [2.05, 4.69) is 16.8 Å². The Morgan fingerprint density at radius 2 is 2.19 bits per heavy atom. The van der Waals surface area contributed by atoms with Gasteiger partial charge in [0, 0.05) is 13.0 Å². The molecule has 0 bridgehead atoms. The van der Waals surface area contributed by atoms with Crippen molar-refractivity contribution in [2.45, 2.75) is 25.8 Å². The lowest BCUT2D eigenvalue weighted by molar-refractivity contribution is 0.296. The fourth-order valence-corrected chi connectivity index (χ4v) is 3.04. The van der Waals surface area contributed by atoms with E-state index in [9.17, 15) is 0 Å². The number of hydrogen-bond donors (Lipinski definition) is 1. The van der Waals surface area contributed by atoms with E-state index in [0.29, 0.717) is 36.5 Å². The standard InChI is InChI=1S/C15H20ClN3O2/c1-2-4-19-12(9-18-15(19)17)10-7-11(16)14-13(8-10)20-5-3-6-21-14/h7-8,12H,2-6,9H2,1H3,(H2,17,18). The lowest BCUT2D eigenvalue weighted by Crippen LogP contribution is -2.36. The maximum absolute atomic E-state index is 6.37. The molecule has 2 aliphatic heterocycles. The zero-order valence-electron chi connectivity index (χ0n) is 12.1. The molecule has 21 heavy (non-hydrogen) atoms. The fourth-order valence-electron chi connectivity index (χ4n) is 2.77.